The second-order valence-electron chi connectivity index (χ2n) is 5.50. The highest BCUT2D eigenvalue weighted by atomic mass is 32.1. The molecule has 0 N–H and O–H groups in total. The van der Waals surface area contributed by atoms with Gasteiger partial charge in [-0.2, -0.15) is 0 Å². The van der Waals surface area contributed by atoms with Crippen LogP contribution in [0, 0.1) is 0 Å². The zero-order valence-electron chi connectivity index (χ0n) is 13.6. The van der Waals surface area contributed by atoms with Crippen molar-refractivity contribution in [3.05, 3.63) is 59.5 Å². The molecule has 5 nitrogen and oxygen atoms in total. The first-order valence-electron chi connectivity index (χ1n) is 7.98. The van der Waals surface area contributed by atoms with Crippen molar-refractivity contribution in [3.8, 4) is 22.8 Å². The number of amides is 1. The van der Waals surface area contributed by atoms with Crippen LogP contribution in [0.3, 0.4) is 0 Å². The van der Waals surface area contributed by atoms with E-state index in [0.717, 1.165) is 11.3 Å². The van der Waals surface area contributed by atoms with Gasteiger partial charge in [-0.1, -0.05) is 30.3 Å². The van der Waals surface area contributed by atoms with Gasteiger partial charge in [0, 0.05) is 23.1 Å². The Morgan fingerprint density at radius 3 is 2.76 bits per heavy atom. The molecular weight excluding hydrogens is 336 g/mol. The van der Waals surface area contributed by atoms with Crippen molar-refractivity contribution >= 4 is 22.4 Å². The first-order chi connectivity index (χ1) is 12.3. The van der Waals surface area contributed by atoms with Gasteiger partial charge in [0.25, 0.3) is 5.91 Å². The van der Waals surface area contributed by atoms with E-state index in [9.17, 15) is 4.79 Å². The Morgan fingerprint density at radius 1 is 1.16 bits per heavy atom. The van der Waals surface area contributed by atoms with E-state index in [4.69, 9.17) is 9.47 Å². The van der Waals surface area contributed by atoms with Crippen LogP contribution in [0.4, 0.5) is 5.13 Å². The van der Waals surface area contributed by atoms with Crippen molar-refractivity contribution in [2.45, 2.75) is 6.92 Å². The number of carbonyl (C=O) groups excluding carboxylic acids is 1. The van der Waals surface area contributed by atoms with Crippen LogP contribution >= 0.6 is 11.3 Å². The van der Waals surface area contributed by atoms with Crippen LogP contribution in [0.1, 0.15) is 17.3 Å². The van der Waals surface area contributed by atoms with Gasteiger partial charge in [-0.3, -0.25) is 9.69 Å². The topological polar surface area (TPSA) is 51.7 Å². The molecular formula is C19H16N2O3S. The molecule has 0 fully saturated rings. The van der Waals surface area contributed by atoms with Crippen LogP contribution in [0.5, 0.6) is 11.5 Å². The van der Waals surface area contributed by atoms with E-state index in [2.05, 4.69) is 4.98 Å². The number of carbonyl (C=O) groups is 1. The van der Waals surface area contributed by atoms with Crippen molar-refractivity contribution in [2.24, 2.45) is 0 Å². The highest BCUT2D eigenvalue weighted by Gasteiger charge is 2.22. The van der Waals surface area contributed by atoms with Gasteiger partial charge in [0.2, 0.25) is 6.79 Å². The summed E-state index contributed by atoms with van der Waals surface area (Å²) < 4.78 is 10.7. The molecule has 0 aliphatic carbocycles. The summed E-state index contributed by atoms with van der Waals surface area (Å²) in [7, 11) is 0. The molecule has 25 heavy (non-hydrogen) atoms. The van der Waals surface area contributed by atoms with Gasteiger partial charge in [-0.25, -0.2) is 4.98 Å². The summed E-state index contributed by atoms with van der Waals surface area (Å²) in [4.78, 5) is 19.2. The van der Waals surface area contributed by atoms with Crippen LogP contribution < -0.4 is 14.4 Å². The monoisotopic (exact) mass is 352 g/mol. The normalized spacial score (nSPS) is 12.2. The minimum atomic E-state index is -0.102. The molecule has 0 radical (unpaired) electrons. The number of hydrogen-bond acceptors (Lipinski definition) is 5. The predicted octanol–water partition coefficient (Wildman–Crippen LogP) is 4.21. The summed E-state index contributed by atoms with van der Waals surface area (Å²) in [5, 5.41) is 2.66. The number of anilines is 1. The number of rotatable bonds is 4. The summed E-state index contributed by atoms with van der Waals surface area (Å²) >= 11 is 1.46. The second-order valence-corrected chi connectivity index (χ2v) is 6.34. The molecule has 0 unspecified atom stereocenters. The fourth-order valence-electron chi connectivity index (χ4n) is 2.68. The van der Waals surface area contributed by atoms with E-state index in [1.165, 1.54) is 11.3 Å². The average molecular weight is 352 g/mol. The molecule has 1 amide bonds. The molecule has 126 valence electrons. The quantitative estimate of drug-likeness (QED) is 0.706. The van der Waals surface area contributed by atoms with E-state index in [0.29, 0.717) is 28.7 Å². The Kier molecular flexibility index (Phi) is 4.11. The third-order valence-corrected chi connectivity index (χ3v) is 4.84. The number of fused-ring (bicyclic) bond motifs is 1. The predicted molar refractivity (Wildman–Crippen MR) is 97.5 cm³/mol. The molecule has 1 aromatic heterocycles. The Hall–Kier alpha value is -2.86. The molecule has 0 saturated heterocycles. The largest absolute Gasteiger partial charge is 0.454 e. The first kappa shape index (κ1) is 15.7. The van der Waals surface area contributed by atoms with E-state index in [-0.39, 0.29) is 12.7 Å². The molecule has 1 aliphatic rings. The third kappa shape index (κ3) is 2.96. The van der Waals surface area contributed by atoms with E-state index < -0.39 is 0 Å². The summed E-state index contributed by atoms with van der Waals surface area (Å²) in [6.45, 7) is 2.67. The van der Waals surface area contributed by atoms with Gasteiger partial charge >= 0.3 is 0 Å². The Balaban J connectivity index is 1.62. The van der Waals surface area contributed by atoms with Crippen LogP contribution in [0.2, 0.25) is 0 Å². The van der Waals surface area contributed by atoms with Crippen molar-refractivity contribution in [2.75, 3.05) is 18.2 Å². The molecule has 0 spiro atoms. The number of ether oxygens (including phenoxy) is 2. The fraction of sp³-hybridized carbons (Fsp3) is 0.158. The first-order valence-corrected chi connectivity index (χ1v) is 8.86. The number of thiazole rings is 1. The third-order valence-electron chi connectivity index (χ3n) is 3.97. The van der Waals surface area contributed by atoms with Crippen molar-refractivity contribution in [3.63, 3.8) is 0 Å². The van der Waals surface area contributed by atoms with E-state index in [1.807, 2.05) is 42.6 Å². The second kappa shape index (κ2) is 6.57. The Labute approximate surface area is 149 Å². The van der Waals surface area contributed by atoms with Gasteiger partial charge in [-0.15, -0.1) is 11.3 Å². The Bertz CT molecular complexity index is 908. The van der Waals surface area contributed by atoms with Gasteiger partial charge < -0.3 is 9.47 Å². The highest BCUT2D eigenvalue weighted by Crippen LogP contribution is 2.34. The number of hydrogen-bond donors (Lipinski definition) is 0. The van der Waals surface area contributed by atoms with Gasteiger partial charge in [0.15, 0.2) is 16.6 Å². The van der Waals surface area contributed by atoms with Crippen LogP contribution in [-0.4, -0.2) is 24.2 Å². The Morgan fingerprint density at radius 2 is 1.96 bits per heavy atom. The zero-order valence-corrected chi connectivity index (χ0v) is 14.5. The summed E-state index contributed by atoms with van der Waals surface area (Å²) in [6, 6.07) is 15.2. The highest BCUT2D eigenvalue weighted by molar-refractivity contribution is 7.14. The molecule has 2 heterocycles. The molecule has 3 aromatic rings. The molecule has 1 aliphatic heterocycles. The maximum Gasteiger partial charge on any atom is 0.260 e. The lowest BCUT2D eigenvalue weighted by molar-refractivity contribution is 0.0988. The van der Waals surface area contributed by atoms with Crippen molar-refractivity contribution in [1.29, 1.82) is 0 Å². The average Bonchev–Trinajstić information content (AvgIpc) is 3.32. The molecule has 0 atom stereocenters. The van der Waals surface area contributed by atoms with Crippen molar-refractivity contribution in [1.82, 2.24) is 4.98 Å². The van der Waals surface area contributed by atoms with Gasteiger partial charge in [0.1, 0.15) is 0 Å². The van der Waals surface area contributed by atoms with Crippen LogP contribution in [-0.2, 0) is 0 Å². The lowest BCUT2D eigenvalue weighted by Gasteiger charge is -2.17. The number of benzene rings is 2. The van der Waals surface area contributed by atoms with Gasteiger partial charge in [-0.05, 0) is 25.1 Å². The summed E-state index contributed by atoms with van der Waals surface area (Å²) in [6.07, 6.45) is 0. The maximum absolute atomic E-state index is 12.9. The lowest BCUT2D eigenvalue weighted by Crippen LogP contribution is -2.30. The fourth-order valence-corrected chi connectivity index (χ4v) is 3.58. The SMILES string of the molecule is CCN(C(=O)c1ccc2c(c1)OCO2)c1nc(-c2ccccc2)cs1. The van der Waals surface area contributed by atoms with E-state index in [1.54, 1.807) is 23.1 Å². The molecule has 4 rings (SSSR count). The molecule has 0 saturated carbocycles. The van der Waals surface area contributed by atoms with Crippen LogP contribution in [0.15, 0.2) is 53.9 Å². The lowest BCUT2D eigenvalue weighted by atomic mass is 10.2. The summed E-state index contributed by atoms with van der Waals surface area (Å²) in [5.41, 5.74) is 2.47. The smallest absolute Gasteiger partial charge is 0.260 e. The van der Waals surface area contributed by atoms with Crippen molar-refractivity contribution < 1.29 is 14.3 Å². The maximum atomic E-state index is 12.9. The zero-order chi connectivity index (χ0) is 17.2. The molecule has 6 heteroatoms. The van der Waals surface area contributed by atoms with Crippen LogP contribution in [0.25, 0.3) is 11.3 Å². The standard InChI is InChI=1S/C19H16N2O3S/c1-2-21(18(22)14-8-9-16-17(10-14)24-12-23-16)19-20-15(11-25-19)13-6-4-3-5-7-13/h3-11H,2,12H2,1H3. The van der Waals surface area contributed by atoms with E-state index >= 15 is 0 Å². The minimum absolute atomic E-state index is 0.102. The number of aromatic nitrogens is 1. The number of nitrogens with zero attached hydrogens (tertiary/aromatic N) is 2. The van der Waals surface area contributed by atoms with Gasteiger partial charge in [0.05, 0.1) is 5.69 Å². The molecule has 0 bridgehead atoms. The molecule has 2 aromatic carbocycles. The summed E-state index contributed by atoms with van der Waals surface area (Å²) in [5.74, 6) is 1.17. The minimum Gasteiger partial charge on any atom is -0.454 e.